The van der Waals surface area contributed by atoms with Gasteiger partial charge in [-0.25, -0.2) is 0 Å². The molecule has 0 aliphatic heterocycles. The molecular weight excluding hydrogens is 252 g/mol. The fraction of sp³-hybridized carbons (Fsp3) is 0.562. The maximum Gasteiger partial charge on any atom is 0.223 e. The minimum absolute atomic E-state index is 0.0278. The van der Waals surface area contributed by atoms with Gasteiger partial charge in [-0.15, -0.1) is 0 Å². The highest BCUT2D eigenvalue weighted by molar-refractivity contribution is 5.76. The van der Waals surface area contributed by atoms with Crippen molar-refractivity contribution in [2.45, 2.75) is 40.2 Å². The molecule has 0 saturated carbocycles. The molecule has 0 aromatic heterocycles. The van der Waals surface area contributed by atoms with Gasteiger partial charge >= 0.3 is 0 Å². The molecule has 4 heteroatoms. The Morgan fingerprint density at radius 2 is 2.10 bits per heavy atom. The number of carbonyl (C=O) groups is 1. The summed E-state index contributed by atoms with van der Waals surface area (Å²) >= 11 is 0. The van der Waals surface area contributed by atoms with E-state index in [-0.39, 0.29) is 5.91 Å². The third kappa shape index (κ3) is 6.06. The summed E-state index contributed by atoms with van der Waals surface area (Å²) in [5, 5.41) is 6.15. The minimum atomic E-state index is 0.0278. The van der Waals surface area contributed by atoms with E-state index < -0.39 is 0 Å². The number of amides is 1. The van der Waals surface area contributed by atoms with E-state index in [1.807, 2.05) is 26.0 Å². The molecule has 0 unspecified atom stereocenters. The molecule has 0 spiro atoms. The van der Waals surface area contributed by atoms with E-state index in [0.717, 1.165) is 23.4 Å². The predicted molar refractivity (Wildman–Crippen MR) is 82.2 cm³/mol. The van der Waals surface area contributed by atoms with Crippen LogP contribution in [0, 0.1) is 13.8 Å². The maximum absolute atomic E-state index is 11.7. The van der Waals surface area contributed by atoms with E-state index in [2.05, 4.69) is 30.5 Å². The number of carbonyl (C=O) groups excluding carboxylic acids is 1. The van der Waals surface area contributed by atoms with Gasteiger partial charge in [0.1, 0.15) is 5.75 Å². The molecule has 112 valence electrons. The normalized spacial score (nSPS) is 12.0. The number of hydrogen-bond acceptors (Lipinski definition) is 3. The average molecular weight is 278 g/mol. The van der Waals surface area contributed by atoms with Crippen molar-refractivity contribution >= 4 is 5.91 Å². The fourth-order valence-corrected chi connectivity index (χ4v) is 1.89. The molecule has 0 heterocycles. The average Bonchev–Trinajstić information content (AvgIpc) is 2.41. The number of benzene rings is 1. The lowest BCUT2D eigenvalue weighted by Crippen LogP contribution is -2.39. The standard InChI is InChI=1S/C16H26N2O2/c1-5-17-14(4)11-18-16(19)8-9-20-15-10-12(2)6-7-13(15)3/h6-7,10,14,17H,5,8-9,11H2,1-4H3,(H,18,19)/t14-/m1/s1. The van der Waals surface area contributed by atoms with E-state index in [4.69, 9.17) is 4.74 Å². The van der Waals surface area contributed by atoms with Crippen molar-refractivity contribution in [3.63, 3.8) is 0 Å². The maximum atomic E-state index is 11.7. The number of aryl methyl sites for hydroxylation is 2. The number of nitrogens with one attached hydrogen (secondary N) is 2. The van der Waals surface area contributed by atoms with Gasteiger partial charge in [-0.2, -0.15) is 0 Å². The van der Waals surface area contributed by atoms with Crippen molar-refractivity contribution < 1.29 is 9.53 Å². The molecule has 0 bridgehead atoms. The van der Waals surface area contributed by atoms with Gasteiger partial charge < -0.3 is 15.4 Å². The topological polar surface area (TPSA) is 50.4 Å². The number of rotatable bonds is 8. The molecule has 0 saturated heterocycles. The molecule has 0 aliphatic rings. The Kier molecular flexibility index (Phi) is 7.09. The zero-order chi connectivity index (χ0) is 15.0. The van der Waals surface area contributed by atoms with Gasteiger partial charge in [0.2, 0.25) is 5.91 Å². The lowest BCUT2D eigenvalue weighted by Gasteiger charge is -2.14. The highest BCUT2D eigenvalue weighted by atomic mass is 16.5. The molecule has 1 aromatic carbocycles. The number of hydrogen-bond donors (Lipinski definition) is 2. The summed E-state index contributed by atoms with van der Waals surface area (Å²) < 4.78 is 5.67. The van der Waals surface area contributed by atoms with Crippen molar-refractivity contribution in [3.8, 4) is 5.75 Å². The van der Waals surface area contributed by atoms with E-state index in [0.29, 0.717) is 25.6 Å². The van der Waals surface area contributed by atoms with Crippen LogP contribution < -0.4 is 15.4 Å². The van der Waals surface area contributed by atoms with Gasteiger partial charge in [-0.1, -0.05) is 19.1 Å². The Balaban J connectivity index is 2.26. The lowest BCUT2D eigenvalue weighted by molar-refractivity contribution is -0.121. The van der Waals surface area contributed by atoms with E-state index in [1.165, 1.54) is 0 Å². The largest absolute Gasteiger partial charge is 0.493 e. The molecule has 20 heavy (non-hydrogen) atoms. The summed E-state index contributed by atoms with van der Waals surface area (Å²) in [6.45, 7) is 10.1. The second-order valence-electron chi connectivity index (χ2n) is 5.13. The van der Waals surface area contributed by atoms with Crippen LogP contribution in [-0.4, -0.2) is 31.6 Å². The third-order valence-electron chi connectivity index (χ3n) is 3.09. The Hall–Kier alpha value is -1.55. The SMILES string of the molecule is CCN[C@H](C)CNC(=O)CCOc1cc(C)ccc1C. The van der Waals surface area contributed by atoms with Crippen molar-refractivity contribution in [2.75, 3.05) is 19.7 Å². The minimum Gasteiger partial charge on any atom is -0.493 e. The van der Waals surface area contributed by atoms with Crippen LogP contribution in [0.25, 0.3) is 0 Å². The van der Waals surface area contributed by atoms with Gasteiger partial charge in [-0.05, 0) is 44.5 Å². The van der Waals surface area contributed by atoms with Gasteiger partial charge in [0, 0.05) is 12.6 Å². The molecule has 0 radical (unpaired) electrons. The second kappa shape index (κ2) is 8.59. The van der Waals surface area contributed by atoms with E-state index >= 15 is 0 Å². The molecule has 2 N–H and O–H groups in total. The van der Waals surface area contributed by atoms with Crippen LogP contribution in [0.3, 0.4) is 0 Å². The van der Waals surface area contributed by atoms with Crippen LogP contribution in [0.2, 0.25) is 0 Å². The number of likely N-dealkylation sites (N-methyl/N-ethyl adjacent to an activating group) is 1. The third-order valence-corrected chi connectivity index (χ3v) is 3.09. The van der Waals surface area contributed by atoms with Crippen LogP contribution in [-0.2, 0) is 4.79 Å². The zero-order valence-corrected chi connectivity index (χ0v) is 13.0. The van der Waals surface area contributed by atoms with Crippen LogP contribution in [0.4, 0.5) is 0 Å². The summed E-state index contributed by atoms with van der Waals surface area (Å²) in [5.74, 6) is 0.888. The van der Waals surface area contributed by atoms with Gasteiger partial charge in [-0.3, -0.25) is 4.79 Å². The Morgan fingerprint density at radius 3 is 2.80 bits per heavy atom. The van der Waals surface area contributed by atoms with Crippen LogP contribution in [0.5, 0.6) is 5.75 Å². The Bertz CT molecular complexity index is 432. The first kappa shape index (κ1) is 16.5. The van der Waals surface area contributed by atoms with Crippen molar-refractivity contribution in [1.82, 2.24) is 10.6 Å². The molecule has 1 rings (SSSR count). The summed E-state index contributed by atoms with van der Waals surface area (Å²) in [5.41, 5.74) is 2.26. The molecule has 1 atom stereocenters. The molecule has 0 fully saturated rings. The quantitative estimate of drug-likeness (QED) is 0.766. The molecular formula is C16H26N2O2. The summed E-state index contributed by atoms with van der Waals surface area (Å²) in [7, 11) is 0. The number of ether oxygens (including phenoxy) is 1. The highest BCUT2D eigenvalue weighted by Gasteiger charge is 2.06. The molecule has 1 aromatic rings. The van der Waals surface area contributed by atoms with Gasteiger partial charge in [0.15, 0.2) is 0 Å². The van der Waals surface area contributed by atoms with E-state index in [9.17, 15) is 4.79 Å². The Morgan fingerprint density at radius 1 is 1.35 bits per heavy atom. The van der Waals surface area contributed by atoms with E-state index in [1.54, 1.807) is 0 Å². The predicted octanol–water partition coefficient (Wildman–Crippen LogP) is 2.19. The first-order valence-electron chi connectivity index (χ1n) is 7.23. The smallest absolute Gasteiger partial charge is 0.223 e. The first-order valence-corrected chi connectivity index (χ1v) is 7.23. The van der Waals surface area contributed by atoms with Crippen LogP contribution in [0.15, 0.2) is 18.2 Å². The van der Waals surface area contributed by atoms with Crippen molar-refractivity contribution in [3.05, 3.63) is 29.3 Å². The zero-order valence-electron chi connectivity index (χ0n) is 13.0. The van der Waals surface area contributed by atoms with Gasteiger partial charge in [0.25, 0.3) is 0 Å². The van der Waals surface area contributed by atoms with Crippen LogP contribution in [0.1, 0.15) is 31.4 Å². The fourth-order valence-electron chi connectivity index (χ4n) is 1.89. The first-order chi connectivity index (χ1) is 9.52. The van der Waals surface area contributed by atoms with Crippen LogP contribution >= 0.6 is 0 Å². The lowest BCUT2D eigenvalue weighted by atomic mass is 10.1. The van der Waals surface area contributed by atoms with Crippen molar-refractivity contribution in [2.24, 2.45) is 0 Å². The summed E-state index contributed by atoms with van der Waals surface area (Å²) in [6, 6.07) is 6.38. The monoisotopic (exact) mass is 278 g/mol. The molecule has 4 nitrogen and oxygen atoms in total. The summed E-state index contributed by atoms with van der Waals surface area (Å²) in [4.78, 5) is 11.7. The molecule has 1 amide bonds. The summed E-state index contributed by atoms with van der Waals surface area (Å²) in [6.07, 6.45) is 0.381. The second-order valence-corrected chi connectivity index (χ2v) is 5.13. The Labute approximate surface area is 121 Å². The molecule has 0 aliphatic carbocycles. The van der Waals surface area contributed by atoms with Crippen molar-refractivity contribution in [1.29, 1.82) is 0 Å². The van der Waals surface area contributed by atoms with Gasteiger partial charge in [0.05, 0.1) is 13.0 Å². The highest BCUT2D eigenvalue weighted by Crippen LogP contribution is 2.19.